The van der Waals surface area contributed by atoms with Crippen molar-refractivity contribution in [1.82, 2.24) is 10.3 Å². The Morgan fingerprint density at radius 2 is 2.56 bits per heavy atom. The molecule has 1 fully saturated rings. The fraction of sp³-hybridized carbons (Fsp3) is 0.727. The normalized spacial score (nSPS) is 25.1. The number of thiazole rings is 1. The first-order valence-electron chi connectivity index (χ1n) is 5.72. The Labute approximate surface area is 105 Å². The van der Waals surface area contributed by atoms with Crippen molar-refractivity contribution in [3.05, 3.63) is 15.5 Å². The Bertz CT molecular complexity index is 332. The summed E-state index contributed by atoms with van der Waals surface area (Å²) in [6, 6.07) is 0. The summed E-state index contributed by atoms with van der Waals surface area (Å²) >= 11 is 7.36. The topological polar surface area (TPSA) is 34.1 Å². The van der Waals surface area contributed by atoms with Crippen molar-refractivity contribution in [2.24, 2.45) is 5.92 Å². The monoisotopic (exact) mass is 260 g/mol. The Morgan fingerprint density at radius 1 is 1.69 bits per heavy atom. The number of halogens is 1. The highest BCUT2D eigenvalue weighted by Gasteiger charge is 2.25. The van der Waals surface area contributed by atoms with Crippen LogP contribution in [0.25, 0.3) is 0 Å². The Hall–Kier alpha value is -0.160. The van der Waals surface area contributed by atoms with Gasteiger partial charge >= 0.3 is 0 Å². The van der Waals surface area contributed by atoms with Gasteiger partial charge in [0.15, 0.2) is 0 Å². The number of rotatable bonds is 5. The van der Waals surface area contributed by atoms with Crippen LogP contribution < -0.4 is 5.32 Å². The second-order valence-corrected chi connectivity index (χ2v) is 5.80. The second-order valence-electron chi connectivity index (χ2n) is 4.06. The van der Waals surface area contributed by atoms with E-state index in [0.717, 1.165) is 35.5 Å². The molecule has 0 saturated carbocycles. The van der Waals surface area contributed by atoms with E-state index in [1.165, 1.54) is 17.8 Å². The molecule has 0 spiro atoms. The summed E-state index contributed by atoms with van der Waals surface area (Å²) in [7, 11) is 0. The number of ether oxygens (including phenoxy) is 1. The van der Waals surface area contributed by atoms with Crippen LogP contribution in [0.15, 0.2) is 6.20 Å². The molecule has 1 aliphatic heterocycles. The van der Waals surface area contributed by atoms with E-state index in [-0.39, 0.29) is 0 Å². The van der Waals surface area contributed by atoms with Gasteiger partial charge in [-0.1, -0.05) is 18.5 Å². The van der Waals surface area contributed by atoms with Crippen LogP contribution in [0.1, 0.15) is 24.8 Å². The van der Waals surface area contributed by atoms with E-state index in [4.69, 9.17) is 16.3 Å². The van der Waals surface area contributed by atoms with E-state index in [1.807, 2.05) is 0 Å². The summed E-state index contributed by atoms with van der Waals surface area (Å²) in [6.07, 6.45) is 4.42. The lowest BCUT2D eigenvalue weighted by atomic mass is 10.00. The van der Waals surface area contributed by atoms with E-state index >= 15 is 0 Å². The SMILES string of the molecule is CCC1OCCC1CNCc1ncc(Cl)s1. The van der Waals surface area contributed by atoms with Gasteiger partial charge in [-0.2, -0.15) is 0 Å². The minimum atomic E-state index is 0.437. The number of hydrogen-bond acceptors (Lipinski definition) is 4. The molecular weight excluding hydrogens is 244 g/mol. The number of aromatic nitrogens is 1. The Balaban J connectivity index is 1.71. The first-order valence-corrected chi connectivity index (χ1v) is 6.91. The predicted octanol–water partition coefficient (Wildman–Crippen LogP) is 2.70. The summed E-state index contributed by atoms with van der Waals surface area (Å²) in [5.41, 5.74) is 0. The van der Waals surface area contributed by atoms with Crippen LogP contribution in [-0.4, -0.2) is 24.2 Å². The lowest BCUT2D eigenvalue weighted by Crippen LogP contribution is -2.27. The molecule has 2 heterocycles. The van der Waals surface area contributed by atoms with Gasteiger partial charge in [-0.3, -0.25) is 0 Å². The summed E-state index contributed by atoms with van der Waals surface area (Å²) < 4.78 is 6.40. The second kappa shape index (κ2) is 5.96. The van der Waals surface area contributed by atoms with E-state index < -0.39 is 0 Å². The fourth-order valence-corrected chi connectivity index (χ4v) is 3.04. The maximum absolute atomic E-state index is 5.82. The zero-order valence-electron chi connectivity index (χ0n) is 9.41. The van der Waals surface area contributed by atoms with E-state index in [0.29, 0.717) is 12.0 Å². The van der Waals surface area contributed by atoms with Crippen molar-refractivity contribution >= 4 is 22.9 Å². The van der Waals surface area contributed by atoms with Gasteiger partial charge in [0.1, 0.15) is 9.34 Å². The first kappa shape index (κ1) is 12.3. The van der Waals surface area contributed by atoms with Crippen molar-refractivity contribution in [3.8, 4) is 0 Å². The van der Waals surface area contributed by atoms with E-state index in [1.54, 1.807) is 6.20 Å². The highest BCUT2D eigenvalue weighted by Crippen LogP contribution is 2.23. The van der Waals surface area contributed by atoms with Crippen LogP contribution >= 0.6 is 22.9 Å². The maximum atomic E-state index is 5.82. The summed E-state index contributed by atoms with van der Waals surface area (Å²) in [5, 5.41) is 4.48. The molecule has 1 aliphatic rings. The molecule has 1 saturated heterocycles. The zero-order chi connectivity index (χ0) is 11.4. The van der Waals surface area contributed by atoms with Gasteiger partial charge in [-0.25, -0.2) is 4.98 Å². The Morgan fingerprint density at radius 3 is 3.25 bits per heavy atom. The highest BCUT2D eigenvalue weighted by atomic mass is 35.5. The van der Waals surface area contributed by atoms with Crippen molar-refractivity contribution in [2.45, 2.75) is 32.4 Å². The molecule has 90 valence electrons. The van der Waals surface area contributed by atoms with Gasteiger partial charge in [0.25, 0.3) is 0 Å². The highest BCUT2D eigenvalue weighted by molar-refractivity contribution is 7.15. The molecule has 1 N–H and O–H groups in total. The summed E-state index contributed by atoms with van der Waals surface area (Å²) in [4.78, 5) is 4.21. The van der Waals surface area contributed by atoms with Gasteiger partial charge < -0.3 is 10.1 Å². The quantitative estimate of drug-likeness (QED) is 0.884. The minimum Gasteiger partial charge on any atom is -0.378 e. The number of nitrogens with zero attached hydrogens (tertiary/aromatic N) is 1. The third-order valence-corrected chi connectivity index (χ3v) is 4.07. The molecule has 2 atom stereocenters. The lowest BCUT2D eigenvalue weighted by molar-refractivity contribution is 0.0872. The van der Waals surface area contributed by atoms with Crippen molar-refractivity contribution in [3.63, 3.8) is 0 Å². The van der Waals surface area contributed by atoms with E-state index in [9.17, 15) is 0 Å². The summed E-state index contributed by atoms with van der Waals surface area (Å²) in [6.45, 7) is 4.91. The largest absolute Gasteiger partial charge is 0.378 e. The van der Waals surface area contributed by atoms with Crippen LogP contribution in [0.2, 0.25) is 4.34 Å². The standard InChI is InChI=1S/C11H17ClN2OS/c1-2-9-8(3-4-15-9)5-13-7-11-14-6-10(12)16-11/h6,8-9,13H,2-5,7H2,1H3. The predicted molar refractivity (Wildman–Crippen MR) is 67.0 cm³/mol. The molecule has 0 amide bonds. The Kier molecular flexibility index (Phi) is 4.58. The average Bonchev–Trinajstić information content (AvgIpc) is 2.87. The smallest absolute Gasteiger partial charge is 0.113 e. The van der Waals surface area contributed by atoms with Crippen LogP contribution in [0.3, 0.4) is 0 Å². The molecular formula is C11H17ClN2OS. The van der Waals surface area contributed by atoms with Crippen LogP contribution in [0.4, 0.5) is 0 Å². The maximum Gasteiger partial charge on any atom is 0.113 e. The first-order chi connectivity index (χ1) is 7.79. The van der Waals surface area contributed by atoms with Gasteiger partial charge in [0, 0.05) is 19.7 Å². The van der Waals surface area contributed by atoms with E-state index in [2.05, 4.69) is 17.2 Å². The zero-order valence-corrected chi connectivity index (χ0v) is 11.0. The minimum absolute atomic E-state index is 0.437. The van der Waals surface area contributed by atoms with Crippen LogP contribution in [-0.2, 0) is 11.3 Å². The molecule has 0 aliphatic carbocycles. The third kappa shape index (κ3) is 3.17. The average molecular weight is 261 g/mol. The molecule has 16 heavy (non-hydrogen) atoms. The third-order valence-electron chi connectivity index (χ3n) is 2.96. The number of hydrogen-bond donors (Lipinski definition) is 1. The molecule has 0 aromatic carbocycles. The van der Waals surface area contributed by atoms with Gasteiger partial charge in [-0.05, 0) is 18.8 Å². The molecule has 1 aromatic heterocycles. The van der Waals surface area contributed by atoms with Crippen LogP contribution in [0, 0.1) is 5.92 Å². The lowest BCUT2D eigenvalue weighted by Gasteiger charge is -2.16. The molecule has 2 unspecified atom stereocenters. The van der Waals surface area contributed by atoms with Gasteiger partial charge in [0.05, 0.1) is 12.3 Å². The molecule has 0 radical (unpaired) electrons. The molecule has 0 bridgehead atoms. The molecule has 5 heteroatoms. The van der Waals surface area contributed by atoms with Crippen molar-refractivity contribution < 1.29 is 4.74 Å². The van der Waals surface area contributed by atoms with Crippen LogP contribution in [0.5, 0.6) is 0 Å². The van der Waals surface area contributed by atoms with Gasteiger partial charge in [0.2, 0.25) is 0 Å². The fourth-order valence-electron chi connectivity index (χ4n) is 2.11. The van der Waals surface area contributed by atoms with Gasteiger partial charge in [-0.15, -0.1) is 11.3 Å². The summed E-state index contributed by atoms with van der Waals surface area (Å²) in [5.74, 6) is 0.653. The molecule has 2 rings (SSSR count). The van der Waals surface area contributed by atoms with Crippen molar-refractivity contribution in [2.75, 3.05) is 13.2 Å². The molecule has 3 nitrogen and oxygen atoms in total. The molecule has 1 aromatic rings. The number of nitrogens with one attached hydrogen (secondary N) is 1. The van der Waals surface area contributed by atoms with Crippen molar-refractivity contribution in [1.29, 1.82) is 0 Å².